The van der Waals surface area contributed by atoms with Crippen molar-refractivity contribution in [2.45, 2.75) is 20.0 Å². The number of H-pyrrole nitrogens is 1. The number of nitrogens with zero attached hydrogens (tertiary/aromatic N) is 1. The first-order chi connectivity index (χ1) is 9.27. The molecule has 0 bridgehead atoms. The molecule has 0 saturated heterocycles. The van der Waals surface area contributed by atoms with Gasteiger partial charge < -0.3 is 5.32 Å². The Bertz CT molecular complexity index is 647. The molecule has 0 saturated carbocycles. The molecule has 0 radical (unpaired) electrons. The zero-order valence-corrected chi connectivity index (χ0v) is 10.8. The number of carbonyl (C=O) groups excluding carboxylic acids is 1. The molecule has 0 aliphatic heterocycles. The van der Waals surface area contributed by atoms with Crippen molar-refractivity contribution in [2.75, 3.05) is 5.32 Å². The third-order valence-electron chi connectivity index (χ3n) is 2.76. The lowest BCUT2D eigenvalue weighted by atomic mass is 10.1. The maximum absolute atomic E-state index is 12.4. The summed E-state index contributed by atoms with van der Waals surface area (Å²) in [4.78, 5) is 11.9. The summed E-state index contributed by atoms with van der Waals surface area (Å²) < 4.78 is 37.2. The molecule has 106 valence electrons. The highest BCUT2D eigenvalue weighted by molar-refractivity contribution is 6.03. The van der Waals surface area contributed by atoms with Crippen LogP contribution in [-0.4, -0.2) is 16.1 Å². The minimum atomic E-state index is -4.55. The number of rotatable bonds is 2. The van der Waals surface area contributed by atoms with E-state index in [1.165, 1.54) is 0 Å². The minimum Gasteiger partial charge on any atom is -0.320 e. The van der Waals surface area contributed by atoms with Crippen LogP contribution in [0.4, 0.5) is 18.9 Å². The Hall–Kier alpha value is -2.31. The van der Waals surface area contributed by atoms with Crippen molar-refractivity contribution in [2.24, 2.45) is 0 Å². The molecule has 4 nitrogen and oxygen atoms in total. The highest BCUT2D eigenvalue weighted by Crippen LogP contribution is 2.28. The first kappa shape index (κ1) is 14.1. The SMILES string of the molecule is Cc1ccc(C)c(NC(=O)c2cc(C(F)(F)F)[nH]n2)c1. The van der Waals surface area contributed by atoms with Gasteiger partial charge >= 0.3 is 6.18 Å². The van der Waals surface area contributed by atoms with Crippen LogP contribution in [0.3, 0.4) is 0 Å². The van der Waals surface area contributed by atoms with Crippen molar-refractivity contribution in [3.05, 3.63) is 46.8 Å². The topological polar surface area (TPSA) is 57.8 Å². The Morgan fingerprint density at radius 1 is 1.25 bits per heavy atom. The molecule has 0 unspecified atom stereocenters. The summed E-state index contributed by atoms with van der Waals surface area (Å²) >= 11 is 0. The van der Waals surface area contributed by atoms with E-state index in [1.54, 1.807) is 18.1 Å². The monoisotopic (exact) mass is 283 g/mol. The van der Waals surface area contributed by atoms with Gasteiger partial charge in [0, 0.05) is 11.8 Å². The predicted octanol–water partition coefficient (Wildman–Crippen LogP) is 3.30. The number of aromatic amines is 1. The third kappa shape index (κ3) is 2.98. The Morgan fingerprint density at radius 2 is 1.95 bits per heavy atom. The van der Waals surface area contributed by atoms with Crippen LogP contribution in [0, 0.1) is 13.8 Å². The van der Waals surface area contributed by atoms with Crippen molar-refractivity contribution >= 4 is 11.6 Å². The van der Waals surface area contributed by atoms with Gasteiger partial charge in [0.05, 0.1) is 0 Å². The van der Waals surface area contributed by atoms with E-state index in [2.05, 4.69) is 10.4 Å². The van der Waals surface area contributed by atoms with Crippen LogP contribution in [0.5, 0.6) is 0 Å². The van der Waals surface area contributed by atoms with Gasteiger partial charge in [-0.05, 0) is 31.0 Å². The standard InChI is InChI=1S/C13H12F3N3O/c1-7-3-4-8(2)9(5-7)17-12(20)10-6-11(19-18-10)13(14,15)16/h3-6H,1-2H3,(H,17,20)(H,18,19). The van der Waals surface area contributed by atoms with Crippen molar-refractivity contribution in [3.63, 3.8) is 0 Å². The van der Waals surface area contributed by atoms with Gasteiger partial charge in [-0.15, -0.1) is 0 Å². The maximum Gasteiger partial charge on any atom is 0.432 e. The maximum atomic E-state index is 12.4. The number of anilines is 1. The molecule has 0 aliphatic carbocycles. The molecular weight excluding hydrogens is 271 g/mol. The van der Waals surface area contributed by atoms with Crippen LogP contribution in [0.2, 0.25) is 0 Å². The van der Waals surface area contributed by atoms with Gasteiger partial charge in [0.15, 0.2) is 5.69 Å². The summed E-state index contributed by atoms with van der Waals surface area (Å²) in [7, 11) is 0. The quantitative estimate of drug-likeness (QED) is 0.888. The third-order valence-corrected chi connectivity index (χ3v) is 2.76. The first-order valence-corrected chi connectivity index (χ1v) is 5.78. The molecule has 2 N–H and O–H groups in total. The van der Waals surface area contributed by atoms with Crippen LogP contribution < -0.4 is 5.32 Å². The van der Waals surface area contributed by atoms with E-state index in [9.17, 15) is 18.0 Å². The van der Waals surface area contributed by atoms with Crippen molar-refractivity contribution in [1.29, 1.82) is 0 Å². The van der Waals surface area contributed by atoms with Gasteiger partial charge in [-0.1, -0.05) is 12.1 Å². The number of alkyl halides is 3. The van der Waals surface area contributed by atoms with E-state index in [-0.39, 0.29) is 5.69 Å². The lowest BCUT2D eigenvalue weighted by Crippen LogP contribution is -2.13. The lowest BCUT2D eigenvalue weighted by Gasteiger charge is -2.07. The number of aryl methyl sites for hydroxylation is 2. The molecule has 0 aliphatic rings. The number of nitrogens with one attached hydrogen (secondary N) is 2. The zero-order valence-electron chi connectivity index (χ0n) is 10.8. The summed E-state index contributed by atoms with van der Waals surface area (Å²) in [5.74, 6) is -0.689. The van der Waals surface area contributed by atoms with Gasteiger partial charge in [-0.3, -0.25) is 9.89 Å². The Labute approximate surface area is 113 Å². The molecule has 20 heavy (non-hydrogen) atoms. The number of hydrogen-bond donors (Lipinski definition) is 2. The molecular formula is C13H12F3N3O. The molecule has 0 atom stereocenters. The number of aromatic nitrogens is 2. The molecule has 1 aromatic carbocycles. The zero-order chi connectivity index (χ0) is 14.9. The number of amides is 1. The lowest BCUT2D eigenvalue weighted by molar-refractivity contribution is -0.141. The molecule has 0 spiro atoms. The highest BCUT2D eigenvalue weighted by Gasteiger charge is 2.33. The van der Waals surface area contributed by atoms with E-state index in [4.69, 9.17) is 0 Å². The summed E-state index contributed by atoms with van der Waals surface area (Å²) in [5.41, 5.74) is 0.938. The van der Waals surface area contributed by atoms with E-state index < -0.39 is 17.8 Å². The van der Waals surface area contributed by atoms with E-state index in [0.29, 0.717) is 11.8 Å². The van der Waals surface area contributed by atoms with Crippen molar-refractivity contribution < 1.29 is 18.0 Å². The smallest absolute Gasteiger partial charge is 0.320 e. The highest BCUT2D eigenvalue weighted by atomic mass is 19.4. The van der Waals surface area contributed by atoms with Gasteiger partial charge in [-0.25, -0.2) is 0 Å². The normalized spacial score (nSPS) is 11.4. The van der Waals surface area contributed by atoms with Crippen LogP contribution in [0.15, 0.2) is 24.3 Å². The molecule has 1 amide bonds. The Balaban J connectivity index is 2.20. The second-order valence-corrected chi connectivity index (χ2v) is 4.44. The van der Waals surface area contributed by atoms with Gasteiger partial charge in [0.25, 0.3) is 5.91 Å². The van der Waals surface area contributed by atoms with Crippen molar-refractivity contribution in [1.82, 2.24) is 10.2 Å². The van der Waals surface area contributed by atoms with Gasteiger partial charge in [-0.2, -0.15) is 18.3 Å². The number of halogens is 3. The largest absolute Gasteiger partial charge is 0.432 e. The second kappa shape index (κ2) is 4.99. The molecule has 2 rings (SSSR count). The summed E-state index contributed by atoms with van der Waals surface area (Å²) in [5, 5.41) is 7.72. The van der Waals surface area contributed by atoms with Crippen LogP contribution in [-0.2, 0) is 6.18 Å². The average Bonchev–Trinajstić information content (AvgIpc) is 2.83. The van der Waals surface area contributed by atoms with Gasteiger partial charge in [0.1, 0.15) is 5.69 Å². The van der Waals surface area contributed by atoms with Gasteiger partial charge in [0.2, 0.25) is 0 Å². The predicted molar refractivity (Wildman–Crippen MR) is 67.5 cm³/mol. The summed E-state index contributed by atoms with van der Waals surface area (Å²) in [6.07, 6.45) is -4.55. The van der Waals surface area contributed by atoms with Crippen molar-refractivity contribution in [3.8, 4) is 0 Å². The first-order valence-electron chi connectivity index (χ1n) is 5.78. The van der Waals surface area contributed by atoms with E-state index >= 15 is 0 Å². The Morgan fingerprint density at radius 3 is 2.55 bits per heavy atom. The van der Waals surface area contributed by atoms with Crippen LogP contribution in [0.1, 0.15) is 27.3 Å². The molecule has 1 heterocycles. The minimum absolute atomic E-state index is 0.307. The van der Waals surface area contributed by atoms with E-state index in [0.717, 1.165) is 11.1 Å². The summed E-state index contributed by atoms with van der Waals surface area (Å²) in [6.45, 7) is 3.64. The number of carbonyl (C=O) groups is 1. The van der Waals surface area contributed by atoms with Crippen LogP contribution >= 0.6 is 0 Å². The molecule has 7 heteroatoms. The molecule has 0 fully saturated rings. The fourth-order valence-corrected chi connectivity index (χ4v) is 1.64. The Kier molecular flexibility index (Phi) is 3.52. The molecule has 2 aromatic rings. The fourth-order valence-electron chi connectivity index (χ4n) is 1.64. The summed E-state index contributed by atoms with van der Waals surface area (Å²) in [6, 6.07) is 6.11. The second-order valence-electron chi connectivity index (χ2n) is 4.44. The molecule has 1 aromatic heterocycles. The van der Waals surface area contributed by atoms with Crippen LogP contribution in [0.25, 0.3) is 0 Å². The number of benzene rings is 1. The average molecular weight is 283 g/mol. The van der Waals surface area contributed by atoms with E-state index in [1.807, 2.05) is 19.1 Å². The number of hydrogen-bond acceptors (Lipinski definition) is 2. The fraction of sp³-hybridized carbons (Fsp3) is 0.231.